The summed E-state index contributed by atoms with van der Waals surface area (Å²) in [4.78, 5) is 30.1. The lowest BCUT2D eigenvalue weighted by Gasteiger charge is -2.54. The first-order valence-electron chi connectivity index (χ1n) is 12.0. The number of anilines is 1. The van der Waals surface area contributed by atoms with Gasteiger partial charge in [0.2, 0.25) is 0 Å². The van der Waals surface area contributed by atoms with Gasteiger partial charge in [-0.3, -0.25) is 4.79 Å². The van der Waals surface area contributed by atoms with Gasteiger partial charge in [0, 0.05) is 43.9 Å². The van der Waals surface area contributed by atoms with Crippen LogP contribution >= 0.6 is 0 Å². The van der Waals surface area contributed by atoms with Gasteiger partial charge in [0.25, 0.3) is 5.91 Å². The van der Waals surface area contributed by atoms with Crippen molar-refractivity contribution in [3.05, 3.63) is 65.9 Å². The third-order valence-corrected chi connectivity index (χ3v) is 7.27. The normalized spacial score (nSPS) is 23.2. The number of nitrogens with two attached hydrogens (primary N) is 1. The summed E-state index contributed by atoms with van der Waals surface area (Å²) in [7, 11) is 1.55. The molecule has 1 aliphatic heterocycles. The van der Waals surface area contributed by atoms with Crippen LogP contribution in [0.15, 0.2) is 53.2 Å². The van der Waals surface area contributed by atoms with Crippen molar-refractivity contribution in [2.75, 3.05) is 18.5 Å². The first-order chi connectivity index (χ1) is 17.3. The summed E-state index contributed by atoms with van der Waals surface area (Å²) in [5.74, 6) is 0.870. The molecule has 1 aliphatic carbocycles. The quantitative estimate of drug-likeness (QED) is 0.537. The number of nitrogens with one attached hydrogen (secondary N) is 1. The number of pyridine rings is 1. The number of rotatable bonds is 6. The summed E-state index contributed by atoms with van der Waals surface area (Å²) in [5.41, 5.74) is 7.29. The number of carbonyl (C=O) groups excluding carboxylic acids is 2. The second kappa shape index (κ2) is 9.60. The van der Waals surface area contributed by atoms with E-state index in [-0.39, 0.29) is 35.0 Å². The summed E-state index contributed by atoms with van der Waals surface area (Å²) in [5, 5.41) is 6.45. The van der Waals surface area contributed by atoms with Crippen molar-refractivity contribution >= 4 is 17.8 Å². The molecule has 2 aliphatic rings. The number of hydrogen-bond donors (Lipinski definition) is 2. The fourth-order valence-electron chi connectivity index (χ4n) is 5.51. The first-order valence-corrected chi connectivity index (χ1v) is 12.0. The Morgan fingerprint density at radius 3 is 2.61 bits per heavy atom. The number of amides is 2. The zero-order valence-corrected chi connectivity index (χ0v) is 19.9. The maximum atomic E-state index is 13.3. The maximum Gasteiger partial charge on any atom is 0.404 e. The molecule has 1 saturated heterocycles. The van der Waals surface area contributed by atoms with Crippen molar-refractivity contribution < 1.29 is 23.2 Å². The molecular formula is C26H28FN5O4. The van der Waals surface area contributed by atoms with Crippen LogP contribution in [0.3, 0.4) is 0 Å². The number of piperidine rings is 1. The topological polar surface area (TPSA) is 124 Å². The largest absolute Gasteiger partial charge is 0.446 e. The van der Waals surface area contributed by atoms with Crippen molar-refractivity contribution in [2.45, 2.75) is 44.2 Å². The highest BCUT2D eigenvalue weighted by molar-refractivity contribution is 5.91. The van der Waals surface area contributed by atoms with Gasteiger partial charge >= 0.3 is 6.09 Å². The van der Waals surface area contributed by atoms with Crippen molar-refractivity contribution in [2.24, 2.45) is 11.1 Å². The molecule has 3 heterocycles. The standard InChI is InChI=1S/C26H28FN5O4/c1-29-24(33)22-11-20(36-31-22)10-19-12-26(13-21(14-26)35-25(28)34)8-9-32(19)23-7-4-17(15-30-23)16-2-5-18(27)6-3-16/h2-7,11,15,19,21H,8-10,12-14H2,1H3,(H2,28,34)(H,29,33). The van der Waals surface area contributed by atoms with Crippen molar-refractivity contribution in [3.8, 4) is 11.1 Å². The first kappa shape index (κ1) is 23.8. The van der Waals surface area contributed by atoms with E-state index < -0.39 is 6.09 Å². The highest BCUT2D eigenvalue weighted by atomic mass is 19.1. The van der Waals surface area contributed by atoms with Gasteiger partial charge in [-0.2, -0.15) is 0 Å². The summed E-state index contributed by atoms with van der Waals surface area (Å²) in [6.07, 6.45) is 4.79. The molecule has 1 unspecified atom stereocenters. The zero-order valence-electron chi connectivity index (χ0n) is 19.9. The van der Waals surface area contributed by atoms with E-state index in [1.54, 1.807) is 31.4 Å². The molecule has 1 atom stereocenters. The molecule has 0 radical (unpaired) electrons. The fraction of sp³-hybridized carbons (Fsp3) is 0.385. The molecule has 36 heavy (non-hydrogen) atoms. The molecule has 2 aromatic heterocycles. The average molecular weight is 494 g/mol. The third kappa shape index (κ3) is 4.89. The average Bonchev–Trinajstić information content (AvgIpc) is 3.32. The minimum Gasteiger partial charge on any atom is -0.446 e. The van der Waals surface area contributed by atoms with Gasteiger partial charge in [-0.15, -0.1) is 0 Å². The molecule has 0 bridgehead atoms. The van der Waals surface area contributed by atoms with E-state index in [1.165, 1.54) is 12.1 Å². The zero-order chi connectivity index (χ0) is 25.3. The number of hydrogen-bond acceptors (Lipinski definition) is 7. The molecule has 9 nitrogen and oxygen atoms in total. The van der Waals surface area contributed by atoms with Crippen LogP contribution in [0.5, 0.6) is 0 Å². The lowest BCUT2D eigenvalue weighted by Crippen LogP contribution is -2.55. The Balaban J connectivity index is 1.36. The number of aromatic nitrogens is 2. The Bertz CT molecular complexity index is 1240. The van der Waals surface area contributed by atoms with Crippen LogP contribution in [0.2, 0.25) is 0 Å². The van der Waals surface area contributed by atoms with E-state index in [1.807, 2.05) is 12.1 Å². The monoisotopic (exact) mass is 493 g/mol. The Kier molecular flexibility index (Phi) is 6.34. The van der Waals surface area contributed by atoms with Crippen LogP contribution in [-0.4, -0.2) is 47.9 Å². The van der Waals surface area contributed by atoms with E-state index in [0.29, 0.717) is 12.2 Å². The number of carbonyl (C=O) groups is 2. The Morgan fingerprint density at radius 2 is 1.94 bits per heavy atom. The number of primary amides is 1. The van der Waals surface area contributed by atoms with Crippen LogP contribution in [0.1, 0.15) is 41.9 Å². The van der Waals surface area contributed by atoms with Crippen LogP contribution in [0.4, 0.5) is 15.0 Å². The Morgan fingerprint density at radius 1 is 1.19 bits per heavy atom. The summed E-state index contributed by atoms with van der Waals surface area (Å²) < 4.78 is 24.0. The molecule has 3 N–H and O–H groups in total. The number of benzene rings is 1. The van der Waals surface area contributed by atoms with Gasteiger partial charge in [-0.25, -0.2) is 14.2 Å². The highest BCUT2D eigenvalue weighted by Gasteiger charge is 2.50. The van der Waals surface area contributed by atoms with Crippen LogP contribution < -0.4 is 16.0 Å². The van der Waals surface area contributed by atoms with Gasteiger partial charge in [0.1, 0.15) is 23.5 Å². The summed E-state index contributed by atoms with van der Waals surface area (Å²) in [6.45, 7) is 0.771. The van der Waals surface area contributed by atoms with Gasteiger partial charge in [0.05, 0.1) is 0 Å². The number of nitrogens with zero attached hydrogens (tertiary/aromatic N) is 3. The molecule has 1 spiro atoms. The molecule has 3 aromatic rings. The van der Waals surface area contributed by atoms with Crippen LogP contribution in [0.25, 0.3) is 11.1 Å². The van der Waals surface area contributed by atoms with E-state index in [2.05, 4.69) is 15.4 Å². The molecule has 1 aromatic carbocycles. The van der Waals surface area contributed by atoms with Gasteiger partial charge in [-0.05, 0) is 60.9 Å². The molecule has 188 valence electrons. The minimum absolute atomic E-state index is 0.0444. The second-order valence-corrected chi connectivity index (χ2v) is 9.64. The minimum atomic E-state index is -0.738. The number of halogens is 1. The van der Waals surface area contributed by atoms with E-state index in [9.17, 15) is 14.0 Å². The molecule has 2 fully saturated rings. The van der Waals surface area contributed by atoms with Gasteiger partial charge in [0.15, 0.2) is 5.69 Å². The second-order valence-electron chi connectivity index (χ2n) is 9.64. The number of ether oxygens (including phenoxy) is 1. The predicted octanol–water partition coefficient (Wildman–Crippen LogP) is 3.69. The molecule has 10 heteroatoms. The summed E-state index contributed by atoms with van der Waals surface area (Å²) >= 11 is 0. The lowest BCUT2D eigenvalue weighted by atomic mass is 9.59. The Labute approximate surface area is 207 Å². The van der Waals surface area contributed by atoms with E-state index in [4.69, 9.17) is 20.0 Å². The van der Waals surface area contributed by atoms with Gasteiger partial charge < -0.3 is 25.2 Å². The summed E-state index contributed by atoms with van der Waals surface area (Å²) in [6, 6.07) is 12.0. The third-order valence-electron chi connectivity index (χ3n) is 7.27. The smallest absolute Gasteiger partial charge is 0.404 e. The molecular weight excluding hydrogens is 465 g/mol. The van der Waals surface area contributed by atoms with Crippen LogP contribution in [0, 0.1) is 11.2 Å². The van der Waals surface area contributed by atoms with E-state index >= 15 is 0 Å². The van der Waals surface area contributed by atoms with Crippen LogP contribution in [-0.2, 0) is 11.2 Å². The van der Waals surface area contributed by atoms with Crippen molar-refractivity contribution in [3.63, 3.8) is 0 Å². The molecule has 5 rings (SSSR count). The van der Waals surface area contributed by atoms with Crippen molar-refractivity contribution in [1.29, 1.82) is 0 Å². The highest BCUT2D eigenvalue weighted by Crippen LogP contribution is 2.52. The SMILES string of the molecule is CNC(=O)c1cc(CC2CC3(CCN2c2ccc(-c4ccc(F)cc4)cn2)CC(OC(N)=O)C3)on1. The van der Waals surface area contributed by atoms with Gasteiger partial charge in [-0.1, -0.05) is 17.3 Å². The fourth-order valence-corrected chi connectivity index (χ4v) is 5.51. The molecule has 1 saturated carbocycles. The lowest BCUT2D eigenvalue weighted by molar-refractivity contribution is -0.0591. The Hall–Kier alpha value is -3.95. The molecule has 2 amide bonds. The maximum absolute atomic E-state index is 13.3. The predicted molar refractivity (Wildman–Crippen MR) is 130 cm³/mol. The van der Waals surface area contributed by atoms with Crippen molar-refractivity contribution in [1.82, 2.24) is 15.5 Å². The van der Waals surface area contributed by atoms with E-state index in [0.717, 1.165) is 49.2 Å².